The van der Waals surface area contributed by atoms with Crippen molar-refractivity contribution < 1.29 is 14.4 Å². The molecule has 5 nitrogen and oxygen atoms in total. The fourth-order valence-corrected chi connectivity index (χ4v) is 1.07. The van der Waals surface area contributed by atoms with Gasteiger partial charge in [0.2, 0.25) is 0 Å². The van der Waals surface area contributed by atoms with E-state index in [4.69, 9.17) is 21.1 Å². The lowest BCUT2D eigenvalue weighted by Crippen LogP contribution is -1.95. The molecule has 0 aliphatic heterocycles. The Morgan fingerprint density at radius 3 is 2.71 bits per heavy atom. The second-order valence-electron chi connectivity index (χ2n) is 2.35. The number of nitro groups is 1. The van der Waals surface area contributed by atoms with Crippen LogP contribution in [-0.4, -0.2) is 18.1 Å². The van der Waals surface area contributed by atoms with E-state index < -0.39 is 4.92 Å². The third-order valence-corrected chi connectivity index (χ3v) is 1.68. The van der Waals surface area contributed by atoms with E-state index in [-0.39, 0.29) is 11.8 Å². The molecule has 0 saturated carbocycles. The summed E-state index contributed by atoms with van der Waals surface area (Å²) in [6, 6.07) is 4.01. The highest BCUT2D eigenvalue weighted by Gasteiger charge is 2.11. The Balaban J connectivity index is 3.04. The van der Waals surface area contributed by atoms with Crippen molar-refractivity contribution in [3.63, 3.8) is 0 Å². The third-order valence-electron chi connectivity index (χ3n) is 1.57. The molecule has 1 rings (SSSR count). The predicted molar refractivity (Wildman–Crippen MR) is 51.0 cm³/mol. The van der Waals surface area contributed by atoms with Crippen LogP contribution < -0.4 is 9.47 Å². The van der Waals surface area contributed by atoms with Gasteiger partial charge in [-0.1, -0.05) is 11.6 Å². The average Bonchev–Trinajstić information content (AvgIpc) is 2.18. The van der Waals surface area contributed by atoms with Crippen molar-refractivity contribution in [2.75, 3.05) is 13.2 Å². The zero-order valence-corrected chi connectivity index (χ0v) is 8.15. The zero-order valence-electron chi connectivity index (χ0n) is 7.40. The van der Waals surface area contributed by atoms with E-state index in [0.29, 0.717) is 11.5 Å². The van der Waals surface area contributed by atoms with Crippen molar-refractivity contribution in [2.45, 2.75) is 0 Å². The Labute approximate surface area is 85.3 Å². The minimum atomic E-state index is -0.507. The largest absolute Gasteiger partial charge is 0.493 e. The molecule has 0 unspecified atom stereocenters. The summed E-state index contributed by atoms with van der Waals surface area (Å²) in [5.41, 5.74) is -0.0521. The van der Waals surface area contributed by atoms with E-state index in [9.17, 15) is 10.1 Å². The van der Waals surface area contributed by atoms with Gasteiger partial charge in [-0.2, -0.15) is 0 Å². The number of alkyl halides is 1. The molecule has 0 aliphatic carbocycles. The summed E-state index contributed by atoms with van der Waals surface area (Å²) in [7, 11) is 1.40. The smallest absolute Gasteiger partial charge is 0.273 e. The van der Waals surface area contributed by atoms with E-state index in [2.05, 4.69) is 0 Å². The quantitative estimate of drug-likeness (QED) is 0.441. The molecule has 0 heterocycles. The van der Waals surface area contributed by atoms with Crippen LogP contribution in [0.1, 0.15) is 0 Å². The van der Waals surface area contributed by atoms with Gasteiger partial charge in [-0.25, -0.2) is 0 Å². The Morgan fingerprint density at radius 2 is 2.21 bits per heavy atom. The normalized spacial score (nSPS) is 9.57. The number of benzene rings is 1. The number of hydrogen-bond donors (Lipinski definition) is 0. The second kappa shape index (κ2) is 4.66. The lowest BCUT2D eigenvalue weighted by molar-refractivity contribution is -0.384. The van der Waals surface area contributed by atoms with Crippen LogP contribution in [0.4, 0.5) is 5.69 Å². The lowest BCUT2D eigenvalue weighted by Gasteiger charge is -2.07. The van der Waals surface area contributed by atoms with E-state index in [1.165, 1.54) is 25.3 Å². The number of ether oxygens (including phenoxy) is 2. The molecule has 0 aromatic heterocycles. The minimum absolute atomic E-state index is 0.0336. The molecule has 0 amide bonds. The van der Waals surface area contributed by atoms with Crippen LogP contribution in [-0.2, 0) is 0 Å². The van der Waals surface area contributed by atoms with Crippen LogP contribution in [0.3, 0.4) is 0 Å². The van der Waals surface area contributed by atoms with Gasteiger partial charge in [0.15, 0.2) is 17.6 Å². The maximum absolute atomic E-state index is 10.4. The van der Waals surface area contributed by atoms with Crippen molar-refractivity contribution >= 4 is 17.3 Å². The average molecular weight is 218 g/mol. The van der Waals surface area contributed by atoms with Crippen molar-refractivity contribution in [1.29, 1.82) is 0 Å². The van der Waals surface area contributed by atoms with E-state index in [1.54, 1.807) is 0 Å². The molecule has 0 atom stereocenters. The molecular formula is C8H8ClNO4. The topological polar surface area (TPSA) is 61.6 Å². The zero-order chi connectivity index (χ0) is 10.6. The van der Waals surface area contributed by atoms with Crippen LogP contribution in [0.25, 0.3) is 0 Å². The molecule has 0 spiro atoms. The molecule has 0 bridgehead atoms. The van der Waals surface area contributed by atoms with Crippen LogP contribution in [0, 0.1) is 10.1 Å². The summed E-state index contributed by atoms with van der Waals surface area (Å²) in [5, 5.41) is 10.4. The van der Waals surface area contributed by atoms with Crippen molar-refractivity contribution in [1.82, 2.24) is 0 Å². The van der Waals surface area contributed by atoms with Gasteiger partial charge in [-0.3, -0.25) is 10.1 Å². The maximum atomic E-state index is 10.4. The van der Waals surface area contributed by atoms with Gasteiger partial charge in [0.25, 0.3) is 5.69 Å². The van der Waals surface area contributed by atoms with Gasteiger partial charge in [0.1, 0.15) is 0 Å². The molecule has 6 heteroatoms. The second-order valence-corrected chi connectivity index (χ2v) is 2.56. The Bertz CT molecular complexity index is 342. The highest BCUT2D eigenvalue weighted by molar-refractivity contribution is 6.17. The van der Waals surface area contributed by atoms with Gasteiger partial charge in [0, 0.05) is 6.07 Å². The third kappa shape index (κ3) is 2.26. The van der Waals surface area contributed by atoms with E-state index >= 15 is 0 Å². The number of methoxy groups -OCH3 is 1. The van der Waals surface area contributed by atoms with Gasteiger partial charge < -0.3 is 9.47 Å². The van der Waals surface area contributed by atoms with Crippen LogP contribution in [0.2, 0.25) is 0 Å². The van der Waals surface area contributed by atoms with Crippen molar-refractivity contribution in [2.24, 2.45) is 0 Å². The first-order chi connectivity index (χ1) is 6.69. The number of non-ortho nitro benzene ring substituents is 1. The summed E-state index contributed by atoms with van der Waals surface area (Å²) >= 11 is 5.36. The predicted octanol–water partition coefficient (Wildman–Crippen LogP) is 2.18. The number of hydrogen-bond acceptors (Lipinski definition) is 4. The number of nitro benzene ring substituents is 1. The first kappa shape index (κ1) is 10.6. The highest BCUT2D eigenvalue weighted by Crippen LogP contribution is 2.31. The minimum Gasteiger partial charge on any atom is -0.493 e. The molecule has 0 N–H and O–H groups in total. The van der Waals surface area contributed by atoms with Gasteiger partial charge in [-0.15, -0.1) is 0 Å². The maximum Gasteiger partial charge on any atom is 0.273 e. The van der Waals surface area contributed by atoms with Crippen LogP contribution >= 0.6 is 11.6 Å². The van der Waals surface area contributed by atoms with E-state index in [1.807, 2.05) is 0 Å². The van der Waals surface area contributed by atoms with Gasteiger partial charge in [0.05, 0.1) is 18.1 Å². The Morgan fingerprint density at radius 1 is 1.50 bits per heavy atom. The SMILES string of the molecule is COc1cc([N+](=O)[O-])ccc1OCCl. The molecule has 0 radical (unpaired) electrons. The summed E-state index contributed by atoms with van der Waals surface area (Å²) in [5.74, 6) is 0.674. The summed E-state index contributed by atoms with van der Waals surface area (Å²) < 4.78 is 9.88. The molecular weight excluding hydrogens is 210 g/mol. The monoisotopic (exact) mass is 217 g/mol. The Kier molecular flexibility index (Phi) is 3.53. The van der Waals surface area contributed by atoms with Crippen LogP contribution in [0.5, 0.6) is 11.5 Å². The fourth-order valence-electron chi connectivity index (χ4n) is 0.948. The summed E-state index contributed by atoms with van der Waals surface area (Å²) in [6.07, 6.45) is 0. The molecule has 76 valence electrons. The van der Waals surface area contributed by atoms with Gasteiger partial charge in [-0.05, 0) is 6.07 Å². The Hall–Kier alpha value is -1.49. The van der Waals surface area contributed by atoms with Crippen molar-refractivity contribution in [3.8, 4) is 11.5 Å². The molecule has 1 aromatic carbocycles. The van der Waals surface area contributed by atoms with Crippen LogP contribution in [0.15, 0.2) is 18.2 Å². The number of nitrogens with zero attached hydrogens (tertiary/aromatic N) is 1. The molecule has 14 heavy (non-hydrogen) atoms. The first-order valence-electron chi connectivity index (χ1n) is 3.70. The summed E-state index contributed by atoms with van der Waals surface area (Å²) in [4.78, 5) is 9.91. The molecule has 0 fully saturated rings. The summed E-state index contributed by atoms with van der Waals surface area (Å²) in [6.45, 7) is 0. The lowest BCUT2D eigenvalue weighted by atomic mass is 10.3. The number of halogens is 1. The van der Waals surface area contributed by atoms with Crippen molar-refractivity contribution in [3.05, 3.63) is 28.3 Å². The highest BCUT2D eigenvalue weighted by atomic mass is 35.5. The number of rotatable bonds is 4. The molecule has 0 aliphatic rings. The molecule has 1 aromatic rings. The van der Waals surface area contributed by atoms with E-state index in [0.717, 1.165) is 0 Å². The standard InChI is InChI=1S/C8H8ClNO4/c1-13-8-4-6(10(11)12)2-3-7(8)14-5-9/h2-4H,5H2,1H3. The van der Waals surface area contributed by atoms with Gasteiger partial charge >= 0.3 is 0 Å². The molecule has 0 saturated heterocycles. The first-order valence-corrected chi connectivity index (χ1v) is 4.23. The fraction of sp³-hybridized carbons (Fsp3) is 0.250.